The summed E-state index contributed by atoms with van der Waals surface area (Å²) in [5.41, 5.74) is 0.743. The van der Waals surface area contributed by atoms with Crippen molar-refractivity contribution in [3.8, 4) is 5.69 Å². The molecule has 2 aromatic carbocycles. The molecule has 5 rings (SSSR count). The highest BCUT2D eigenvalue weighted by Gasteiger charge is 2.23. The maximum absolute atomic E-state index is 13.7. The van der Waals surface area contributed by atoms with Crippen LogP contribution in [0.5, 0.6) is 0 Å². The second kappa shape index (κ2) is 8.22. The number of aryl methyl sites for hydroxylation is 1. The average Bonchev–Trinajstić information content (AvgIpc) is 3.41. The highest BCUT2D eigenvalue weighted by atomic mass is 35.5. The molecule has 32 heavy (non-hydrogen) atoms. The van der Waals surface area contributed by atoms with Crippen molar-refractivity contribution in [1.29, 1.82) is 0 Å². The lowest BCUT2D eigenvalue weighted by molar-refractivity contribution is -0.122. The molecule has 6 nitrogen and oxygen atoms in total. The number of amides is 1. The van der Waals surface area contributed by atoms with Gasteiger partial charge in [-0.1, -0.05) is 48.7 Å². The van der Waals surface area contributed by atoms with E-state index in [-0.39, 0.29) is 18.5 Å². The van der Waals surface area contributed by atoms with Crippen molar-refractivity contribution in [3.05, 3.63) is 73.9 Å². The molecule has 164 valence electrons. The van der Waals surface area contributed by atoms with Gasteiger partial charge in [0.1, 0.15) is 11.2 Å². The lowest BCUT2D eigenvalue weighted by Gasteiger charge is -2.16. The molecule has 1 N–H and O–H groups in total. The van der Waals surface area contributed by atoms with E-state index in [1.165, 1.54) is 15.9 Å². The third-order valence-corrected chi connectivity index (χ3v) is 7.48. The fourth-order valence-corrected chi connectivity index (χ4v) is 5.82. The summed E-state index contributed by atoms with van der Waals surface area (Å²) in [7, 11) is 0. The molecule has 0 aliphatic heterocycles. The van der Waals surface area contributed by atoms with E-state index in [1.54, 1.807) is 18.2 Å². The number of hydrogen-bond donors (Lipinski definition) is 1. The van der Waals surface area contributed by atoms with Crippen LogP contribution in [0.4, 0.5) is 0 Å². The number of benzene rings is 2. The number of halogens is 1. The first kappa shape index (κ1) is 21.0. The van der Waals surface area contributed by atoms with Crippen molar-refractivity contribution in [2.24, 2.45) is 0 Å². The van der Waals surface area contributed by atoms with Gasteiger partial charge in [0, 0.05) is 21.2 Å². The molecule has 0 radical (unpaired) electrons. The van der Waals surface area contributed by atoms with Gasteiger partial charge in [0.05, 0.1) is 11.2 Å². The van der Waals surface area contributed by atoms with E-state index in [9.17, 15) is 14.4 Å². The smallest absolute Gasteiger partial charge is 0.336 e. The summed E-state index contributed by atoms with van der Waals surface area (Å²) in [5.74, 6) is -0.219. The van der Waals surface area contributed by atoms with E-state index in [4.69, 9.17) is 11.6 Å². The Morgan fingerprint density at radius 2 is 1.91 bits per heavy atom. The number of nitrogens with zero attached hydrogens (tertiary/aromatic N) is 2. The fourth-order valence-electron chi connectivity index (χ4n) is 4.52. The fraction of sp³-hybridized carbons (Fsp3) is 0.292. The molecule has 0 saturated heterocycles. The monoisotopic (exact) mass is 467 g/mol. The Hall–Kier alpha value is -2.90. The van der Waals surface area contributed by atoms with Crippen LogP contribution in [-0.2, 0) is 11.3 Å². The minimum atomic E-state index is -0.544. The second-order valence-corrected chi connectivity index (χ2v) is 9.75. The Labute approximate surface area is 193 Å². The number of carbonyl (C=O) groups excluding carboxylic acids is 1. The molecular formula is C24H22ClN3O3S. The number of carbonyl (C=O) groups is 1. The maximum atomic E-state index is 13.7. The van der Waals surface area contributed by atoms with Gasteiger partial charge in [0.2, 0.25) is 5.91 Å². The van der Waals surface area contributed by atoms with Crippen molar-refractivity contribution in [2.75, 3.05) is 0 Å². The van der Waals surface area contributed by atoms with Gasteiger partial charge in [-0.15, -0.1) is 11.3 Å². The number of hydrogen-bond acceptors (Lipinski definition) is 4. The van der Waals surface area contributed by atoms with Gasteiger partial charge >= 0.3 is 5.69 Å². The number of fused-ring (bicyclic) bond motifs is 3. The Bertz CT molecular complexity index is 1480. The van der Waals surface area contributed by atoms with Crippen LogP contribution in [0.15, 0.2) is 52.1 Å². The van der Waals surface area contributed by atoms with Crippen molar-refractivity contribution in [3.63, 3.8) is 0 Å². The van der Waals surface area contributed by atoms with Crippen molar-refractivity contribution >= 4 is 49.1 Å². The molecule has 0 bridgehead atoms. The Balaban J connectivity index is 1.76. The van der Waals surface area contributed by atoms with Gasteiger partial charge in [-0.05, 0) is 43.5 Å². The topological polar surface area (TPSA) is 73.1 Å². The predicted molar refractivity (Wildman–Crippen MR) is 129 cm³/mol. The van der Waals surface area contributed by atoms with Gasteiger partial charge in [-0.25, -0.2) is 9.36 Å². The lowest BCUT2D eigenvalue weighted by atomic mass is 10.2. The third kappa shape index (κ3) is 3.55. The highest BCUT2D eigenvalue weighted by Crippen LogP contribution is 2.31. The third-order valence-electron chi connectivity index (χ3n) is 6.09. The molecule has 4 aromatic rings. The van der Waals surface area contributed by atoms with Gasteiger partial charge in [0.25, 0.3) is 5.56 Å². The van der Waals surface area contributed by atoms with Crippen molar-refractivity contribution in [2.45, 2.75) is 45.2 Å². The van der Waals surface area contributed by atoms with Crippen LogP contribution in [0.2, 0.25) is 5.02 Å². The minimum Gasteiger partial charge on any atom is -0.352 e. The second-order valence-electron chi connectivity index (χ2n) is 8.26. The van der Waals surface area contributed by atoms with E-state index in [0.29, 0.717) is 20.9 Å². The first-order valence-electron chi connectivity index (χ1n) is 10.7. The summed E-state index contributed by atoms with van der Waals surface area (Å²) in [6.45, 7) is 1.68. The summed E-state index contributed by atoms with van der Waals surface area (Å²) in [6.07, 6.45) is 4.11. The first-order valence-corrected chi connectivity index (χ1v) is 11.9. The van der Waals surface area contributed by atoms with Gasteiger partial charge in [-0.3, -0.25) is 14.2 Å². The predicted octanol–water partition coefficient (Wildman–Crippen LogP) is 4.39. The average molecular weight is 468 g/mol. The Kier molecular flexibility index (Phi) is 5.39. The maximum Gasteiger partial charge on any atom is 0.336 e. The zero-order chi connectivity index (χ0) is 22.4. The molecule has 1 amide bonds. The summed E-state index contributed by atoms with van der Waals surface area (Å²) >= 11 is 7.52. The van der Waals surface area contributed by atoms with Crippen molar-refractivity contribution < 1.29 is 4.79 Å². The van der Waals surface area contributed by atoms with Crippen LogP contribution in [0.25, 0.3) is 26.0 Å². The summed E-state index contributed by atoms with van der Waals surface area (Å²) in [5, 5.41) is 4.28. The SMILES string of the molecule is Cc1ccc(Cl)cc1-n1c(=O)c2sc3ccccc3c2n(CC(=O)NC2CCCC2)c1=O. The summed E-state index contributed by atoms with van der Waals surface area (Å²) in [6, 6.07) is 12.8. The Morgan fingerprint density at radius 3 is 2.69 bits per heavy atom. The van der Waals surface area contributed by atoms with Crippen LogP contribution >= 0.6 is 22.9 Å². The zero-order valence-corrected chi connectivity index (χ0v) is 19.1. The first-order chi connectivity index (χ1) is 15.4. The number of thiophene rings is 1. The summed E-state index contributed by atoms with van der Waals surface area (Å²) in [4.78, 5) is 40.1. The molecule has 1 fully saturated rings. The zero-order valence-electron chi connectivity index (χ0n) is 17.6. The molecular weight excluding hydrogens is 446 g/mol. The quantitative estimate of drug-likeness (QED) is 0.484. The molecule has 1 aliphatic carbocycles. The van der Waals surface area contributed by atoms with Crippen LogP contribution < -0.4 is 16.6 Å². The molecule has 0 spiro atoms. The van der Waals surface area contributed by atoms with Crippen LogP contribution in [-0.4, -0.2) is 21.1 Å². The molecule has 0 atom stereocenters. The minimum absolute atomic E-state index is 0.146. The summed E-state index contributed by atoms with van der Waals surface area (Å²) < 4.78 is 3.91. The van der Waals surface area contributed by atoms with E-state index < -0.39 is 11.2 Å². The normalized spacial score (nSPS) is 14.4. The molecule has 8 heteroatoms. The van der Waals surface area contributed by atoms with Crippen LogP contribution in [0.3, 0.4) is 0 Å². The largest absolute Gasteiger partial charge is 0.352 e. The van der Waals surface area contributed by atoms with Crippen LogP contribution in [0.1, 0.15) is 31.2 Å². The van der Waals surface area contributed by atoms with Crippen molar-refractivity contribution in [1.82, 2.24) is 14.5 Å². The van der Waals surface area contributed by atoms with Crippen LogP contribution in [0, 0.1) is 6.92 Å². The Morgan fingerprint density at radius 1 is 1.16 bits per heavy atom. The number of nitrogens with one attached hydrogen (secondary N) is 1. The van der Waals surface area contributed by atoms with E-state index >= 15 is 0 Å². The number of aromatic nitrogens is 2. The van der Waals surface area contributed by atoms with E-state index in [0.717, 1.165) is 45.9 Å². The number of rotatable bonds is 4. The van der Waals surface area contributed by atoms with E-state index in [1.807, 2.05) is 31.2 Å². The van der Waals surface area contributed by atoms with Gasteiger partial charge < -0.3 is 5.32 Å². The molecule has 2 aromatic heterocycles. The molecule has 1 aliphatic rings. The molecule has 1 saturated carbocycles. The van der Waals surface area contributed by atoms with Gasteiger partial charge in [-0.2, -0.15) is 0 Å². The lowest BCUT2D eigenvalue weighted by Crippen LogP contribution is -2.43. The highest BCUT2D eigenvalue weighted by molar-refractivity contribution is 7.25. The van der Waals surface area contributed by atoms with E-state index in [2.05, 4.69) is 5.32 Å². The molecule has 0 unspecified atom stereocenters. The van der Waals surface area contributed by atoms with Gasteiger partial charge in [0.15, 0.2) is 0 Å². The standard InChI is InChI=1S/C24H22ClN3O3S/c1-14-10-11-15(25)12-18(14)28-23(30)22-21(17-8-4-5-9-19(17)32-22)27(24(28)31)13-20(29)26-16-6-2-3-7-16/h4-5,8-12,16H,2-3,6-7,13H2,1H3,(H,26,29). The molecule has 2 heterocycles.